The molecular formula is C9H9N3O3. The Morgan fingerprint density at radius 2 is 2.40 bits per heavy atom. The predicted molar refractivity (Wildman–Crippen MR) is 52.7 cm³/mol. The van der Waals surface area contributed by atoms with Crippen LogP contribution >= 0.6 is 0 Å². The van der Waals surface area contributed by atoms with Crippen LogP contribution in [0, 0.1) is 0 Å². The third-order valence-electron chi connectivity index (χ3n) is 1.73. The van der Waals surface area contributed by atoms with Crippen molar-refractivity contribution in [3.63, 3.8) is 0 Å². The van der Waals surface area contributed by atoms with Crippen molar-refractivity contribution in [3.05, 3.63) is 34.2 Å². The maximum atomic E-state index is 10.0. The van der Waals surface area contributed by atoms with Crippen LogP contribution in [0.2, 0.25) is 0 Å². The highest BCUT2D eigenvalue weighted by Crippen LogP contribution is 2.24. The molecule has 0 unspecified atom stereocenters. The van der Waals surface area contributed by atoms with Gasteiger partial charge in [-0.3, -0.25) is 4.79 Å². The third kappa shape index (κ3) is 2.89. The Hall–Kier alpha value is -2.20. The van der Waals surface area contributed by atoms with E-state index in [9.17, 15) is 4.79 Å². The second-order valence-electron chi connectivity index (χ2n) is 2.59. The van der Waals surface area contributed by atoms with Gasteiger partial charge in [-0.2, -0.15) is 0 Å². The molecule has 0 heterocycles. The summed E-state index contributed by atoms with van der Waals surface area (Å²) in [5, 5.41) is 3.43. The van der Waals surface area contributed by atoms with Crippen molar-refractivity contribution in [2.24, 2.45) is 5.11 Å². The summed E-state index contributed by atoms with van der Waals surface area (Å²) in [4.78, 5) is 12.7. The zero-order valence-corrected chi connectivity index (χ0v) is 8.08. The SMILES string of the molecule is COc1ccc(N=[N+]=[N-])cc1COC=O. The molecule has 0 saturated heterocycles. The summed E-state index contributed by atoms with van der Waals surface area (Å²) in [5.74, 6) is 0.578. The molecule has 6 nitrogen and oxygen atoms in total. The lowest BCUT2D eigenvalue weighted by molar-refractivity contribution is -0.129. The molecule has 0 aliphatic carbocycles. The van der Waals surface area contributed by atoms with E-state index in [1.165, 1.54) is 7.11 Å². The Kier molecular flexibility index (Phi) is 4.00. The molecule has 0 radical (unpaired) electrons. The standard InChI is InChI=1S/C9H9N3O3/c1-14-9-3-2-8(11-12-10)4-7(9)5-15-6-13/h2-4,6H,5H2,1H3. The molecule has 0 aliphatic heterocycles. The van der Waals surface area contributed by atoms with Crippen LogP contribution in [0.4, 0.5) is 5.69 Å². The minimum absolute atomic E-state index is 0.0848. The average Bonchev–Trinajstić information content (AvgIpc) is 2.27. The molecule has 0 N–H and O–H groups in total. The minimum Gasteiger partial charge on any atom is -0.496 e. The molecule has 0 amide bonds. The molecule has 1 aromatic rings. The van der Waals surface area contributed by atoms with Gasteiger partial charge in [-0.15, -0.1) is 0 Å². The molecule has 0 aromatic heterocycles. The lowest BCUT2D eigenvalue weighted by atomic mass is 10.2. The zero-order chi connectivity index (χ0) is 11.1. The van der Waals surface area contributed by atoms with E-state index in [-0.39, 0.29) is 6.61 Å². The lowest BCUT2D eigenvalue weighted by Crippen LogP contribution is -1.94. The van der Waals surface area contributed by atoms with Gasteiger partial charge in [0, 0.05) is 16.2 Å². The van der Waals surface area contributed by atoms with E-state index < -0.39 is 0 Å². The summed E-state index contributed by atoms with van der Waals surface area (Å²) in [5.41, 5.74) is 9.35. The largest absolute Gasteiger partial charge is 0.496 e. The molecule has 0 atom stereocenters. The molecular weight excluding hydrogens is 198 g/mol. The van der Waals surface area contributed by atoms with Crippen LogP contribution in [0.3, 0.4) is 0 Å². The second kappa shape index (κ2) is 5.51. The molecule has 0 aliphatic rings. The number of benzene rings is 1. The van der Waals surface area contributed by atoms with Crippen LogP contribution in [0.25, 0.3) is 10.4 Å². The van der Waals surface area contributed by atoms with Gasteiger partial charge in [0.25, 0.3) is 6.47 Å². The highest BCUT2D eigenvalue weighted by atomic mass is 16.5. The van der Waals surface area contributed by atoms with Crippen molar-refractivity contribution >= 4 is 12.2 Å². The third-order valence-corrected chi connectivity index (χ3v) is 1.73. The molecule has 0 saturated carbocycles. The fourth-order valence-electron chi connectivity index (χ4n) is 1.12. The summed E-state index contributed by atoms with van der Waals surface area (Å²) < 4.78 is 9.64. The van der Waals surface area contributed by atoms with Gasteiger partial charge in [0.2, 0.25) is 0 Å². The smallest absolute Gasteiger partial charge is 0.293 e. The maximum Gasteiger partial charge on any atom is 0.293 e. The number of rotatable bonds is 5. The summed E-state index contributed by atoms with van der Waals surface area (Å²) in [6.07, 6.45) is 0. The Labute approximate surface area is 86.0 Å². The number of hydrogen-bond donors (Lipinski definition) is 0. The van der Waals surface area contributed by atoms with Crippen LogP contribution in [0.1, 0.15) is 5.56 Å². The highest BCUT2D eigenvalue weighted by molar-refractivity contribution is 5.48. The van der Waals surface area contributed by atoms with Gasteiger partial charge in [-0.25, -0.2) is 0 Å². The average molecular weight is 207 g/mol. The van der Waals surface area contributed by atoms with Gasteiger partial charge >= 0.3 is 0 Å². The van der Waals surface area contributed by atoms with Crippen LogP contribution in [0.5, 0.6) is 5.75 Å². The van der Waals surface area contributed by atoms with E-state index in [2.05, 4.69) is 14.8 Å². The van der Waals surface area contributed by atoms with Gasteiger partial charge in [0.1, 0.15) is 12.4 Å². The molecule has 0 spiro atoms. The van der Waals surface area contributed by atoms with Crippen LogP contribution in [-0.4, -0.2) is 13.6 Å². The van der Waals surface area contributed by atoms with Crippen molar-refractivity contribution in [2.45, 2.75) is 6.61 Å². The summed E-state index contributed by atoms with van der Waals surface area (Å²) in [7, 11) is 1.51. The van der Waals surface area contributed by atoms with Gasteiger partial charge in [-0.05, 0) is 23.7 Å². The normalized spacial score (nSPS) is 8.87. The van der Waals surface area contributed by atoms with E-state index in [1.807, 2.05) is 0 Å². The number of ether oxygens (including phenoxy) is 2. The number of hydrogen-bond acceptors (Lipinski definition) is 4. The Morgan fingerprint density at radius 3 is 3.00 bits per heavy atom. The predicted octanol–water partition coefficient (Wildman–Crippen LogP) is 2.31. The van der Waals surface area contributed by atoms with Crippen LogP contribution < -0.4 is 4.74 Å². The Morgan fingerprint density at radius 1 is 1.60 bits per heavy atom. The quantitative estimate of drug-likeness (QED) is 0.321. The van der Waals surface area contributed by atoms with E-state index in [0.717, 1.165) is 0 Å². The Balaban J connectivity index is 3.00. The van der Waals surface area contributed by atoms with Gasteiger partial charge in [-0.1, -0.05) is 5.11 Å². The number of methoxy groups -OCH3 is 1. The topological polar surface area (TPSA) is 84.3 Å². The molecule has 1 aromatic carbocycles. The first kappa shape index (κ1) is 10.9. The van der Waals surface area contributed by atoms with Crippen molar-refractivity contribution in [3.8, 4) is 5.75 Å². The van der Waals surface area contributed by atoms with Gasteiger partial charge < -0.3 is 9.47 Å². The van der Waals surface area contributed by atoms with Crippen molar-refractivity contribution < 1.29 is 14.3 Å². The molecule has 1 rings (SSSR count). The fraction of sp³-hybridized carbons (Fsp3) is 0.222. The van der Waals surface area contributed by atoms with Crippen molar-refractivity contribution in [1.29, 1.82) is 0 Å². The first-order valence-corrected chi connectivity index (χ1v) is 4.09. The molecule has 78 valence electrons. The van der Waals surface area contributed by atoms with Gasteiger partial charge in [0.15, 0.2) is 0 Å². The molecule has 15 heavy (non-hydrogen) atoms. The first-order valence-electron chi connectivity index (χ1n) is 4.09. The summed E-state index contributed by atoms with van der Waals surface area (Å²) in [6, 6.07) is 4.86. The Bertz CT molecular complexity index is 400. The van der Waals surface area contributed by atoms with Crippen LogP contribution in [-0.2, 0) is 16.1 Å². The fourth-order valence-corrected chi connectivity index (χ4v) is 1.12. The van der Waals surface area contributed by atoms with E-state index in [4.69, 9.17) is 10.3 Å². The van der Waals surface area contributed by atoms with Crippen LogP contribution in [0.15, 0.2) is 23.3 Å². The molecule has 6 heteroatoms. The van der Waals surface area contributed by atoms with E-state index in [1.54, 1.807) is 18.2 Å². The highest BCUT2D eigenvalue weighted by Gasteiger charge is 2.03. The lowest BCUT2D eigenvalue weighted by Gasteiger charge is -2.07. The first-order chi connectivity index (χ1) is 7.31. The number of azide groups is 1. The zero-order valence-electron chi connectivity index (χ0n) is 8.08. The molecule has 0 bridgehead atoms. The maximum absolute atomic E-state index is 10.0. The number of nitrogens with zero attached hydrogens (tertiary/aromatic N) is 3. The van der Waals surface area contributed by atoms with E-state index >= 15 is 0 Å². The number of carbonyl (C=O) groups excluding carboxylic acids is 1. The van der Waals surface area contributed by atoms with Crippen molar-refractivity contribution in [1.82, 2.24) is 0 Å². The minimum atomic E-state index is 0.0848. The second-order valence-corrected chi connectivity index (χ2v) is 2.59. The monoisotopic (exact) mass is 207 g/mol. The van der Waals surface area contributed by atoms with E-state index in [0.29, 0.717) is 23.5 Å². The van der Waals surface area contributed by atoms with Crippen molar-refractivity contribution in [2.75, 3.05) is 7.11 Å². The summed E-state index contributed by atoms with van der Waals surface area (Å²) >= 11 is 0. The molecule has 0 fully saturated rings. The summed E-state index contributed by atoms with van der Waals surface area (Å²) in [6.45, 7) is 0.432. The van der Waals surface area contributed by atoms with Gasteiger partial charge in [0.05, 0.1) is 7.11 Å². The number of carbonyl (C=O) groups is 1.